The van der Waals surface area contributed by atoms with Gasteiger partial charge in [-0.2, -0.15) is 0 Å². The lowest BCUT2D eigenvalue weighted by atomic mass is 10.0. The normalized spacial score (nSPS) is 13.6. The van der Waals surface area contributed by atoms with Crippen molar-refractivity contribution < 1.29 is 14.3 Å². The molecule has 0 saturated heterocycles. The zero-order valence-electron chi connectivity index (χ0n) is 19.2. The van der Waals surface area contributed by atoms with Crippen LogP contribution in [0.2, 0.25) is 0 Å². The van der Waals surface area contributed by atoms with E-state index in [0.717, 1.165) is 34.5 Å². The third kappa shape index (κ3) is 4.82. The van der Waals surface area contributed by atoms with Crippen LogP contribution >= 0.6 is 0 Å². The number of amides is 2. The predicted molar refractivity (Wildman–Crippen MR) is 131 cm³/mol. The van der Waals surface area contributed by atoms with Crippen molar-refractivity contribution in [3.8, 4) is 5.75 Å². The summed E-state index contributed by atoms with van der Waals surface area (Å²) in [6.45, 7) is 6.91. The molecular formula is C28H28N2O3. The lowest BCUT2D eigenvalue weighted by Crippen LogP contribution is -2.32. The second kappa shape index (κ2) is 9.74. The van der Waals surface area contributed by atoms with Crippen molar-refractivity contribution >= 4 is 23.1 Å². The van der Waals surface area contributed by atoms with Crippen LogP contribution in [0.4, 0.5) is 5.69 Å². The molecule has 33 heavy (non-hydrogen) atoms. The number of hydrogen-bond acceptors (Lipinski definition) is 4. The quantitative estimate of drug-likeness (QED) is 0.471. The van der Waals surface area contributed by atoms with Crippen molar-refractivity contribution in [1.29, 1.82) is 0 Å². The van der Waals surface area contributed by atoms with Crippen LogP contribution in [0.15, 0.2) is 78.5 Å². The summed E-state index contributed by atoms with van der Waals surface area (Å²) in [5.74, 6) is 0.103. The maximum absolute atomic E-state index is 13.5. The molecule has 3 aromatic rings. The van der Waals surface area contributed by atoms with E-state index in [0.29, 0.717) is 23.4 Å². The average Bonchev–Trinajstić information content (AvgIpc) is 3.04. The van der Waals surface area contributed by atoms with E-state index in [1.807, 2.05) is 93.6 Å². The number of anilines is 1. The van der Waals surface area contributed by atoms with Crippen LogP contribution in [-0.2, 0) is 16.1 Å². The monoisotopic (exact) mass is 440 g/mol. The van der Waals surface area contributed by atoms with Gasteiger partial charge in [0.2, 0.25) is 0 Å². The van der Waals surface area contributed by atoms with Crippen LogP contribution in [0, 0.1) is 13.8 Å². The number of benzene rings is 3. The SMILES string of the molecule is CCCOc1ccc(C2=C(Nc3ccc(C)cc3C)C(=O)N(Cc3ccccc3)C2=O)cc1. The first-order valence-electron chi connectivity index (χ1n) is 11.2. The number of carbonyl (C=O) groups excluding carboxylic acids is 2. The summed E-state index contributed by atoms with van der Waals surface area (Å²) in [5.41, 5.74) is 5.19. The molecule has 5 heteroatoms. The molecule has 5 nitrogen and oxygen atoms in total. The van der Waals surface area contributed by atoms with Gasteiger partial charge in [-0.25, -0.2) is 0 Å². The van der Waals surface area contributed by atoms with E-state index in [4.69, 9.17) is 4.74 Å². The molecule has 168 valence electrons. The van der Waals surface area contributed by atoms with Gasteiger partial charge in [0, 0.05) is 5.69 Å². The third-order valence-corrected chi connectivity index (χ3v) is 5.61. The molecule has 4 rings (SSSR count). The van der Waals surface area contributed by atoms with E-state index in [1.165, 1.54) is 4.90 Å². The van der Waals surface area contributed by atoms with Gasteiger partial charge in [-0.05, 0) is 55.2 Å². The number of aryl methyl sites for hydroxylation is 2. The Labute approximate surface area is 194 Å². The van der Waals surface area contributed by atoms with Gasteiger partial charge in [0.25, 0.3) is 11.8 Å². The zero-order valence-corrected chi connectivity index (χ0v) is 19.2. The van der Waals surface area contributed by atoms with Crippen LogP contribution in [0.5, 0.6) is 5.75 Å². The molecule has 0 saturated carbocycles. The molecule has 0 radical (unpaired) electrons. The summed E-state index contributed by atoms with van der Waals surface area (Å²) in [6, 6.07) is 22.9. The summed E-state index contributed by atoms with van der Waals surface area (Å²) in [6.07, 6.45) is 0.915. The maximum atomic E-state index is 13.5. The fourth-order valence-corrected chi connectivity index (χ4v) is 3.90. The highest BCUT2D eigenvalue weighted by atomic mass is 16.5. The van der Waals surface area contributed by atoms with Gasteiger partial charge in [0.15, 0.2) is 0 Å². The molecule has 0 spiro atoms. The van der Waals surface area contributed by atoms with Crippen molar-refractivity contribution in [3.63, 3.8) is 0 Å². The Kier molecular flexibility index (Phi) is 6.59. The molecule has 0 unspecified atom stereocenters. The Morgan fingerprint density at radius 3 is 2.27 bits per heavy atom. The number of nitrogens with one attached hydrogen (secondary N) is 1. The van der Waals surface area contributed by atoms with Crippen molar-refractivity contribution in [2.45, 2.75) is 33.7 Å². The van der Waals surface area contributed by atoms with E-state index in [9.17, 15) is 9.59 Å². The molecule has 1 heterocycles. The molecule has 1 aliphatic heterocycles. The summed E-state index contributed by atoms with van der Waals surface area (Å²) in [4.78, 5) is 28.3. The highest BCUT2D eigenvalue weighted by Gasteiger charge is 2.39. The molecule has 0 bridgehead atoms. The Bertz CT molecular complexity index is 1200. The van der Waals surface area contributed by atoms with E-state index < -0.39 is 0 Å². The third-order valence-electron chi connectivity index (χ3n) is 5.61. The number of ether oxygens (including phenoxy) is 1. The van der Waals surface area contributed by atoms with Crippen LogP contribution in [-0.4, -0.2) is 23.3 Å². The van der Waals surface area contributed by atoms with Gasteiger partial charge < -0.3 is 10.1 Å². The van der Waals surface area contributed by atoms with E-state index in [1.54, 1.807) is 0 Å². The van der Waals surface area contributed by atoms with Gasteiger partial charge in [-0.15, -0.1) is 0 Å². The minimum atomic E-state index is -0.329. The van der Waals surface area contributed by atoms with Crippen molar-refractivity contribution in [1.82, 2.24) is 4.90 Å². The molecular weight excluding hydrogens is 412 g/mol. The molecule has 2 amide bonds. The smallest absolute Gasteiger partial charge is 0.278 e. The fourth-order valence-electron chi connectivity index (χ4n) is 3.90. The molecule has 3 aromatic carbocycles. The zero-order chi connectivity index (χ0) is 23.4. The van der Waals surface area contributed by atoms with Gasteiger partial charge in [-0.1, -0.05) is 67.1 Å². The number of carbonyl (C=O) groups is 2. The molecule has 1 N–H and O–H groups in total. The number of hydrogen-bond donors (Lipinski definition) is 1. The summed E-state index contributed by atoms with van der Waals surface area (Å²) < 4.78 is 5.68. The van der Waals surface area contributed by atoms with Crippen molar-refractivity contribution in [2.75, 3.05) is 11.9 Å². The molecule has 0 aliphatic carbocycles. The second-order valence-corrected chi connectivity index (χ2v) is 8.25. The summed E-state index contributed by atoms with van der Waals surface area (Å²) >= 11 is 0. The van der Waals surface area contributed by atoms with Gasteiger partial charge in [0.1, 0.15) is 11.4 Å². The second-order valence-electron chi connectivity index (χ2n) is 8.25. The van der Waals surface area contributed by atoms with Crippen molar-refractivity contribution in [2.24, 2.45) is 0 Å². The largest absolute Gasteiger partial charge is 0.494 e. The van der Waals surface area contributed by atoms with E-state index in [-0.39, 0.29) is 18.4 Å². The van der Waals surface area contributed by atoms with Gasteiger partial charge in [0.05, 0.1) is 18.7 Å². The first-order chi connectivity index (χ1) is 16.0. The highest BCUT2D eigenvalue weighted by molar-refractivity contribution is 6.36. The maximum Gasteiger partial charge on any atom is 0.278 e. The topological polar surface area (TPSA) is 58.6 Å². The van der Waals surface area contributed by atoms with E-state index >= 15 is 0 Å². The molecule has 0 aromatic heterocycles. The predicted octanol–water partition coefficient (Wildman–Crippen LogP) is 5.48. The lowest BCUT2D eigenvalue weighted by Gasteiger charge is -2.16. The summed E-state index contributed by atoms with van der Waals surface area (Å²) in [7, 11) is 0. The number of rotatable bonds is 8. The van der Waals surface area contributed by atoms with Crippen LogP contribution in [0.25, 0.3) is 5.57 Å². The molecule has 1 aliphatic rings. The number of nitrogens with zero attached hydrogens (tertiary/aromatic N) is 1. The Balaban J connectivity index is 1.72. The highest BCUT2D eigenvalue weighted by Crippen LogP contribution is 2.33. The molecule has 0 atom stereocenters. The minimum absolute atomic E-state index is 0.220. The van der Waals surface area contributed by atoms with Crippen LogP contribution < -0.4 is 10.1 Å². The van der Waals surface area contributed by atoms with Gasteiger partial charge in [-0.3, -0.25) is 14.5 Å². The summed E-state index contributed by atoms with van der Waals surface area (Å²) in [5, 5.41) is 3.27. The average molecular weight is 441 g/mol. The van der Waals surface area contributed by atoms with Crippen molar-refractivity contribution in [3.05, 3.63) is 101 Å². The standard InChI is InChI=1S/C28H28N2O3/c1-4-16-33-23-13-11-22(12-14-23)25-26(29-24-15-10-19(2)17-20(24)3)28(32)30(27(25)31)18-21-8-6-5-7-9-21/h5-15,17,29H,4,16,18H2,1-3H3. The first-order valence-corrected chi connectivity index (χ1v) is 11.2. The Morgan fingerprint density at radius 2 is 1.61 bits per heavy atom. The first kappa shape index (κ1) is 22.3. The van der Waals surface area contributed by atoms with Crippen LogP contribution in [0.3, 0.4) is 0 Å². The number of imide groups is 1. The fraction of sp³-hybridized carbons (Fsp3) is 0.214. The molecule has 0 fully saturated rings. The lowest BCUT2D eigenvalue weighted by molar-refractivity contribution is -0.137. The van der Waals surface area contributed by atoms with Crippen LogP contribution in [0.1, 0.15) is 35.6 Å². The van der Waals surface area contributed by atoms with Gasteiger partial charge >= 0.3 is 0 Å². The minimum Gasteiger partial charge on any atom is -0.494 e. The van der Waals surface area contributed by atoms with E-state index in [2.05, 4.69) is 5.32 Å². The Hall–Kier alpha value is -3.86. The Morgan fingerprint density at radius 1 is 0.879 bits per heavy atom.